The van der Waals surface area contributed by atoms with Gasteiger partial charge in [0.1, 0.15) is 35.5 Å². The van der Waals surface area contributed by atoms with Crippen LogP contribution in [0.25, 0.3) is 0 Å². The van der Waals surface area contributed by atoms with Crippen molar-refractivity contribution in [2.45, 2.75) is 19.4 Å². The minimum Gasteiger partial charge on any atom is -0.490 e. The fourth-order valence-corrected chi connectivity index (χ4v) is 4.62. The van der Waals surface area contributed by atoms with Gasteiger partial charge < -0.3 is 29.4 Å². The molecule has 5 rings (SSSR count). The molecule has 0 saturated carbocycles. The number of nitriles is 1. The van der Waals surface area contributed by atoms with E-state index in [0.717, 1.165) is 11.1 Å². The highest BCUT2D eigenvalue weighted by Crippen LogP contribution is 2.45. The molecule has 4 aromatic carbocycles. The summed E-state index contributed by atoms with van der Waals surface area (Å²) >= 11 is 5.99. The number of rotatable bonds is 10. The Kier molecular flexibility index (Phi) is 8.81. The number of benzene rings is 4. The predicted molar refractivity (Wildman–Crippen MR) is 157 cm³/mol. The third kappa shape index (κ3) is 6.60. The zero-order chi connectivity index (χ0) is 29.5. The predicted octanol–water partition coefficient (Wildman–Crippen LogP) is 6.52. The fourth-order valence-electron chi connectivity index (χ4n) is 4.50. The second kappa shape index (κ2) is 13.0. The number of fused-ring (bicyclic) bond motifs is 1. The third-order valence-electron chi connectivity index (χ3n) is 6.43. The van der Waals surface area contributed by atoms with E-state index in [0.29, 0.717) is 46.8 Å². The van der Waals surface area contributed by atoms with E-state index in [-0.39, 0.29) is 23.8 Å². The van der Waals surface area contributed by atoms with E-state index in [1.807, 2.05) is 49.4 Å². The van der Waals surface area contributed by atoms with Crippen LogP contribution in [0.4, 0.5) is 0 Å². The number of ether oxygens (including phenoxy) is 5. The van der Waals surface area contributed by atoms with Crippen molar-refractivity contribution in [3.63, 3.8) is 0 Å². The fraction of sp³-hybridized carbons (Fsp3) is 0.152. The van der Waals surface area contributed by atoms with Gasteiger partial charge in [-0.15, -0.1) is 0 Å². The average molecular weight is 583 g/mol. The van der Waals surface area contributed by atoms with Gasteiger partial charge in [-0.3, -0.25) is 0 Å². The van der Waals surface area contributed by atoms with Crippen molar-refractivity contribution < 1.29 is 28.5 Å². The van der Waals surface area contributed by atoms with Crippen LogP contribution in [0.5, 0.6) is 28.7 Å². The number of hydrogen-bond donors (Lipinski definition) is 1. The van der Waals surface area contributed by atoms with E-state index in [2.05, 4.69) is 6.07 Å². The summed E-state index contributed by atoms with van der Waals surface area (Å²) in [4.78, 5) is 12.4. The largest absolute Gasteiger partial charge is 0.490 e. The summed E-state index contributed by atoms with van der Waals surface area (Å²) in [5.74, 6) is 1.09. The number of nitrogens with zero attached hydrogens (tertiary/aromatic N) is 1. The molecule has 0 bridgehead atoms. The minimum atomic E-state index is -0.581. The summed E-state index contributed by atoms with van der Waals surface area (Å²) < 4.78 is 28.7. The Hall–Kier alpha value is -5.13. The van der Waals surface area contributed by atoms with Gasteiger partial charge in [0.2, 0.25) is 5.88 Å². The summed E-state index contributed by atoms with van der Waals surface area (Å²) in [6.45, 7) is 2.35. The van der Waals surface area contributed by atoms with Gasteiger partial charge in [0, 0.05) is 16.7 Å². The lowest BCUT2D eigenvalue weighted by atomic mass is 9.83. The molecule has 4 aromatic rings. The lowest BCUT2D eigenvalue weighted by molar-refractivity contribution is -0.136. The SMILES string of the molecule is CCOc1cc(C2C(C#N)=C(N)Oc3cc(OC(=O)COc4ccccc4)ccc32)ccc1OCc1ccc(Cl)cc1. The van der Waals surface area contributed by atoms with Crippen molar-refractivity contribution in [3.05, 3.63) is 124 Å². The Balaban J connectivity index is 1.38. The molecular formula is C33H27ClN2O6. The number of carbonyl (C=O) groups excluding carboxylic acids is 1. The zero-order valence-corrected chi connectivity index (χ0v) is 23.5. The molecule has 1 heterocycles. The first-order valence-corrected chi connectivity index (χ1v) is 13.6. The number of nitrogens with two attached hydrogens (primary N) is 1. The number of carbonyl (C=O) groups is 1. The summed E-state index contributed by atoms with van der Waals surface area (Å²) in [5, 5.41) is 10.6. The van der Waals surface area contributed by atoms with Gasteiger partial charge in [-0.25, -0.2) is 4.79 Å². The van der Waals surface area contributed by atoms with Gasteiger partial charge in [-0.1, -0.05) is 54.1 Å². The topological polar surface area (TPSA) is 113 Å². The molecule has 0 amide bonds. The van der Waals surface area contributed by atoms with Crippen LogP contribution in [0.15, 0.2) is 102 Å². The third-order valence-corrected chi connectivity index (χ3v) is 6.68. The molecule has 1 unspecified atom stereocenters. The maximum absolute atomic E-state index is 12.4. The zero-order valence-electron chi connectivity index (χ0n) is 22.7. The van der Waals surface area contributed by atoms with Crippen molar-refractivity contribution in [1.82, 2.24) is 0 Å². The Morgan fingerprint density at radius 3 is 2.45 bits per heavy atom. The van der Waals surface area contributed by atoms with Crippen LogP contribution in [-0.2, 0) is 11.4 Å². The molecule has 0 radical (unpaired) electrons. The van der Waals surface area contributed by atoms with Crippen molar-refractivity contribution in [1.29, 1.82) is 5.26 Å². The summed E-state index contributed by atoms with van der Waals surface area (Å²) in [5.41, 5.74) is 8.82. The molecule has 1 aliphatic heterocycles. The molecule has 0 aromatic heterocycles. The van der Waals surface area contributed by atoms with Crippen molar-refractivity contribution in [2.75, 3.05) is 13.2 Å². The number of hydrogen-bond acceptors (Lipinski definition) is 8. The van der Waals surface area contributed by atoms with Crippen molar-refractivity contribution >= 4 is 17.6 Å². The standard InChI is InChI=1S/C33H27ClN2O6/c1-2-38-30-16-22(10-15-28(30)40-19-21-8-11-23(34)12-9-21)32-26-14-13-25(17-29(26)42-33(36)27(32)18-35)41-31(37)20-39-24-6-4-3-5-7-24/h3-17,32H,2,19-20,36H2,1H3. The van der Waals surface area contributed by atoms with E-state index >= 15 is 0 Å². The van der Waals surface area contributed by atoms with E-state index in [4.69, 9.17) is 41.0 Å². The normalized spacial score (nSPS) is 13.8. The summed E-state index contributed by atoms with van der Waals surface area (Å²) in [7, 11) is 0. The van der Waals surface area contributed by atoms with E-state index in [1.54, 1.807) is 48.5 Å². The smallest absolute Gasteiger partial charge is 0.349 e. The molecule has 212 valence electrons. The first kappa shape index (κ1) is 28.4. The van der Waals surface area contributed by atoms with Crippen LogP contribution in [0.3, 0.4) is 0 Å². The maximum atomic E-state index is 12.4. The second-order valence-corrected chi connectivity index (χ2v) is 9.69. The van der Waals surface area contributed by atoms with Crippen LogP contribution >= 0.6 is 11.6 Å². The molecule has 2 N–H and O–H groups in total. The summed E-state index contributed by atoms with van der Waals surface area (Å²) in [6.07, 6.45) is 0. The second-order valence-electron chi connectivity index (χ2n) is 9.25. The molecular weight excluding hydrogens is 556 g/mol. The monoisotopic (exact) mass is 582 g/mol. The Labute approximate surface area is 248 Å². The lowest BCUT2D eigenvalue weighted by Crippen LogP contribution is -2.22. The lowest BCUT2D eigenvalue weighted by Gasteiger charge is -2.27. The van der Waals surface area contributed by atoms with E-state index in [1.165, 1.54) is 0 Å². The van der Waals surface area contributed by atoms with Crippen LogP contribution in [0.2, 0.25) is 5.02 Å². The van der Waals surface area contributed by atoms with Gasteiger partial charge >= 0.3 is 5.97 Å². The van der Waals surface area contributed by atoms with E-state index < -0.39 is 11.9 Å². The molecule has 0 fully saturated rings. The molecule has 8 nitrogen and oxygen atoms in total. The maximum Gasteiger partial charge on any atom is 0.349 e. The van der Waals surface area contributed by atoms with Crippen molar-refractivity contribution in [2.24, 2.45) is 5.73 Å². The minimum absolute atomic E-state index is 0.0353. The Bertz CT molecular complexity index is 1650. The van der Waals surface area contributed by atoms with Gasteiger partial charge in [0.25, 0.3) is 0 Å². The van der Waals surface area contributed by atoms with Crippen LogP contribution < -0.4 is 29.4 Å². The number of allylic oxidation sites excluding steroid dienone is 1. The molecule has 9 heteroatoms. The Morgan fingerprint density at radius 1 is 0.929 bits per heavy atom. The van der Waals surface area contributed by atoms with Crippen molar-refractivity contribution in [3.8, 4) is 34.8 Å². The number of esters is 1. The van der Waals surface area contributed by atoms with Gasteiger partial charge in [-0.2, -0.15) is 5.26 Å². The van der Waals surface area contributed by atoms with Gasteiger partial charge in [-0.05, 0) is 60.5 Å². The van der Waals surface area contributed by atoms with E-state index in [9.17, 15) is 10.1 Å². The summed E-state index contributed by atoms with van der Waals surface area (Å²) in [6, 6.07) is 29.0. The molecule has 1 atom stereocenters. The molecule has 42 heavy (non-hydrogen) atoms. The molecule has 1 aliphatic rings. The Morgan fingerprint density at radius 2 is 1.71 bits per heavy atom. The highest BCUT2D eigenvalue weighted by molar-refractivity contribution is 6.30. The van der Waals surface area contributed by atoms with Crippen LogP contribution in [0.1, 0.15) is 29.5 Å². The first-order chi connectivity index (χ1) is 20.4. The average Bonchev–Trinajstić information content (AvgIpc) is 3.00. The first-order valence-electron chi connectivity index (χ1n) is 13.2. The van der Waals surface area contributed by atoms with Crippen LogP contribution in [0, 0.1) is 11.3 Å². The molecule has 0 saturated heterocycles. The van der Waals surface area contributed by atoms with Gasteiger partial charge in [0.15, 0.2) is 18.1 Å². The highest BCUT2D eigenvalue weighted by atomic mass is 35.5. The van der Waals surface area contributed by atoms with Crippen LogP contribution in [-0.4, -0.2) is 19.2 Å². The number of halogens is 1. The quantitative estimate of drug-likeness (QED) is 0.166. The highest BCUT2D eigenvalue weighted by Gasteiger charge is 2.32. The molecule has 0 aliphatic carbocycles. The van der Waals surface area contributed by atoms with Gasteiger partial charge in [0.05, 0.1) is 12.5 Å². The number of para-hydroxylation sites is 1. The molecule has 0 spiro atoms.